The van der Waals surface area contributed by atoms with Crippen LogP contribution in [0.4, 0.5) is 5.82 Å². The van der Waals surface area contributed by atoms with Gasteiger partial charge in [-0.3, -0.25) is 0 Å². The molecule has 0 radical (unpaired) electrons. The maximum atomic E-state index is 12.1. The highest BCUT2D eigenvalue weighted by Gasteiger charge is 2.21. The van der Waals surface area contributed by atoms with Crippen molar-refractivity contribution in [1.29, 1.82) is 5.26 Å². The SMILES string of the molecule is CCOC(=O)c1sc2nc(CSc3nc(C)nc(C)c3C#N)nc(N)c2c1C. The van der Waals surface area contributed by atoms with Gasteiger partial charge in [0, 0.05) is 0 Å². The van der Waals surface area contributed by atoms with E-state index in [0.29, 0.717) is 61.2 Å². The Hall–Kier alpha value is -2.77. The van der Waals surface area contributed by atoms with Gasteiger partial charge in [0.25, 0.3) is 0 Å². The molecule has 0 unspecified atom stereocenters. The Bertz CT molecular complexity index is 1120. The molecule has 0 fully saturated rings. The third kappa shape index (κ3) is 3.76. The first-order valence-corrected chi connectivity index (χ1v) is 10.3. The van der Waals surface area contributed by atoms with Gasteiger partial charge in [0.2, 0.25) is 0 Å². The maximum absolute atomic E-state index is 12.1. The molecular weight excluding hydrogens is 396 g/mol. The van der Waals surface area contributed by atoms with E-state index in [2.05, 4.69) is 26.0 Å². The van der Waals surface area contributed by atoms with E-state index >= 15 is 0 Å². The van der Waals surface area contributed by atoms with Gasteiger partial charge in [0.15, 0.2) is 0 Å². The van der Waals surface area contributed by atoms with Crippen molar-refractivity contribution in [2.24, 2.45) is 0 Å². The van der Waals surface area contributed by atoms with E-state index < -0.39 is 0 Å². The van der Waals surface area contributed by atoms with Gasteiger partial charge in [-0.2, -0.15) is 5.26 Å². The molecule has 0 saturated heterocycles. The van der Waals surface area contributed by atoms with Crippen LogP contribution in [0.15, 0.2) is 5.03 Å². The summed E-state index contributed by atoms with van der Waals surface area (Å²) in [5.41, 5.74) is 7.95. The molecule has 3 rings (SSSR count). The summed E-state index contributed by atoms with van der Waals surface area (Å²) in [5.74, 6) is 1.42. The topological polar surface area (TPSA) is 128 Å². The molecule has 3 aromatic rings. The van der Waals surface area contributed by atoms with Crippen molar-refractivity contribution in [1.82, 2.24) is 19.9 Å². The summed E-state index contributed by atoms with van der Waals surface area (Å²) >= 11 is 2.60. The number of hydrogen-bond acceptors (Lipinski definition) is 10. The molecule has 0 aliphatic heterocycles. The van der Waals surface area contributed by atoms with Crippen LogP contribution in [0.3, 0.4) is 0 Å². The van der Waals surface area contributed by atoms with E-state index in [-0.39, 0.29) is 5.97 Å². The fraction of sp³-hybridized carbons (Fsp3) is 0.333. The van der Waals surface area contributed by atoms with E-state index in [1.54, 1.807) is 20.8 Å². The molecular formula is C18H18N6O2S2. The second-order valence-corrected chi connectivity index (χ2v) is 7.88. The molecule has 10 heteroatoms. The van der Waals surface area contributed by atoms with Crippen molar-refractivity contribution in [2.75, 3.05) is 12.3 Å². The number of hydrogen-bond donors (Lipinski definition) is 1. The van der Waals surface area contributed by atoms with Crippen LogP contribution >= 0.6 is 23.1 Å². The summed E-state index contributed by atoms with van der Waals surface area (Å²) in [6.45, 7) is 7.43. The highest BCUT2D eigenvalue weighted by atomic mass is 32.2. The standard InChI is InChI=1S/C18H18N6O2S2/c1-5-26-18(25)14-8(2)13-15(20)23-12(24-17(13)28-14)7-27-16-11(6-19)9(3)21-10(4)22-16/h5,7H2,1-4H3,(H2,20,23,24). The number of fused-ring (bicyclic) bond motifs is 1. The Balaban J connectivity index is 1.93. The average molecular weight is 415 g/mol. The highest BCUT2D eigenvalue weighted by Crippen LogP contribution is 2.34. The monoisotopic (exact) mass is 414 g/mol. The number of ether oxygens (including phenoxy) is 1. The van der Waals surface area contributed by atoms with Crippen LogP contribution < -0.4 is 5.73 Å². The lowest BCUT2D eigenvalue weighted by atomic mass is 10.2. The first kappa shape index (κ1) is 20.0. The summed E-state index contributed by atoms with van der Waals surface area (Å²) in [4.78, 5) is 30.7. The van der Waals surface area contributed by atoms with Crippen LogP contribution in [0.1, 0.15) is 45.1 Å². The lowest BCUT2D eigenvalue weighted by Gasteiger charge is -2.07. The van der Waals surface area contributed by atoms with Gasteiger partial charge in [-0.05, 0) is 33.3 Å². The maximum Gasteiger partial charge on any atom is 0.348 e. The van der Waals surface area contributed by atoms with Gasteiger partial charge in [0.1, 0.15) is 43.8 Å². The quantitative estimate of drug-likeness (QED) is 0.380. The number of carbonyl (C=O) groups is 1. The molecule has 3 aromatic heterocycles. The number of thiophene rings is 1. The van der Waals surface area contributed by atoms with E-state index in [0.717, 1.165) is 5.56 Å². The number of esters is 1. The Kier molecular flexibility index (Phi) is 5.76. The van der Waals surface area contributed by atoms with Crippen LogP contribution in [0.25, 0.3) is 10.2 Å². The van der Waals surface area contributed by atoms with Crippen molar-refractivity contribution < 1.29 is 9.53 Å². The van der Waals surface area contributed by atoms with Crippen molar-refractivity contribution in [2.45, 2.75) is 38.5 Å². The van der Waals surface area contributed by atoms with Crippen LogP contribution in [0.2, 0.25) is 0 Å². The Morgan fingerprint density at radius 1 is 1.25 bits per heavy atom. The summed E-state index contributed by atoms with van der Waals surface area (Å²) in [6, 6.07) is 2.14. The average Bonchev–Trinajstić information content (AvgIpc) is 2.97. The predicted octanol–water partition coefficient (Wildman–Crippen LogP) is 3.33. The lowest BCUT2D eigenvalue weighted by molar-refractivity contribution is 0.0531. The number of nitriles is 1. The van der Waals surface area contributed by atoms with Gasteiger partial charge in [0.05, 0.1) is 23.4 Å². The third-order valence-electron chi connectivity index (χ3n) is 3.94. The molecule has 8 nitrogen and oxygen atoms in total. The Labute approximate surface area is 170 Å². The molecule has 0 aliphatic rings. The van der Waals surface area contributed by atoms with Crippen molar-refractivity contribution in [3.8, 4) is 6.07 Å². The minimum atomic E-state index is -0.385. The first-order valence-electron chi connectivity index (χ1n) is 8.46. The van der Waals surface area contributed by atoms with Gasteiger partial charge in [-0.25, -0.2) is 24.7 Å². The zero-order chi connectivity index (χ0) is 20.4. The zero-order valence-corrected chi connectivity index (χ0v) is 17.5. The van der Waals surface area contributed by atoms with Crippen LogP contribution in [-0.4, -0.2) is 32.5 Å². The second kappa shape index (κ2) is 8.08. The second-order valence-electron chi connectivity index (χ2n) is 5.92. The molecule has 0 atom stereocenters. The molecule has 0 bridgehead atoms. The molecule has 0 aliphatic carbocycles. The number of nitrogens with two attached hydrogens (primary N) is 1. The minimum Gasteiger partial charge on any atom is -0.462 e. The number of nitrogen functional groups attached to an aromatic ring is 1. The number of aryl methyl sites for hydroxylation is 3. The van der Waals surface area contributed by atoms with Crippen molar-refractivity contribution in [3.05, 3.63) is 33.3 Å². The molecule has 3 heterocycles. The van der Waals surface area contributed by atoms with Crippen LogP contribution in [-0.2, 0) is 10.5 Å². The summed E-state index contributed by atoms with van der Waals surface area (Å²) in [5, 5.41) is 10.6. The predicted molar refractivity (Wildman–Crippen MR) is 108 cm³/mol. The number of rotatable bonds is 5. The molecule has 0 spiro atoms. The van der Waals surface area contributed by atoms with Gasteiger partial charge >= 0.3 is 5.97 Å². The third-order valence-corrected chi connectivity index (χ3v) is 6.08. The van der Waals surface area contributed by atoms with E-state index in [1.807, 2.05) is 6.92 Å². The van der Waals surface area contributed by atoms with Crippen molar-refractivity contribution >= 4 is 45.1 Å². The molecule has 0 amide bonds. The van der Waals surface area contributed by atoms with Gasteiger partial charge in [-0.15, -0.1) is 11.3 Å². The fourth-order valence-electron chi connectivity index (χ4n) is 2.72. The van der Waals surface area contributed by atoms with E-state index in [1.165, 1.54) is 23.1 Å². The largest absolute Gasteiger partial charge is 0.462 e. The normalized spacial score (nSPS) is 10.8. The smallest absolute Gasteiger partial charge is 0.348 e. The van der Waals surface area contributed by atoms with Crippen molar-refractivity contribution in [3.63, 3.8) is 0 Å². The number of nitrogens with zero attached hydrogens (tertiary/aromatic N) is 5. The molecule has 2 N–H and O–H groups in total. The van der Waals surface area contributed by atoms with E-state index in [4.69, 9.17) is 10.5 Å². The highest BCUT2D eigenvalue weighted by molar-refractivity contribution is 7.98. The summed E-state index contributed by atoms with van der Waals surface area (Å²) in [7, 11) is 0. The van der Waals surface area contributed by atoms with E-state index in [9.17, 15) is 10.1 Å². The first-order chi connectivity index (χ1) is 13.3. The fourth-order valence-corrected chi connectivity index (χ4v) is 4.75. The van der Waals surface area contributed by atoms with Crippen LogP contribution in [0, 0.1) is 32.1 Å². The number of anilines is 1. The molecule has 0 saturated carbocycles. The van der Waals surface area contributed by atoms with Gasteiger partial charge < -0.3 is 10.5 Å². The summed E-state index contributed by atoms with van der Waals surface area (Å²) < 4.78 is 5.10. The molecule has 0 aromatic carbocycles. The zero-order valence-electron chi connectivity index (χ0n) is 15.9. The molecule has 28 heavy (non-hydrogen) atoms. The van der Waals surface area contributed by atoms with Gasteiger partial charge in [-0.1, -0.05) is 11.8 Å². The summed E-state index contributed by atoms with van der Waals surface area (Å²) in [6.07, 6.45) is 0. The lowest BCUT2D eigenvalue weighted by Crippen LogP contribution is -2.04. The Morgan fingerprint density at radius 2 is 2.00 bits per heavy atom. The van der Waals surface area contributed by atoms with Crippen LogP contribution in [0.5, 0.6) is 0 Å². The number of aromatic nitrogens is 4. The molecule has 144 valence electrons. The number of carbonyl (C=O) groups excluding carboxylic acids is 1. The Morgan fingerprint density at radius 3 is 2.68 bits per heavy atom. The number of thioether (sulfide) groups is 1. The minimum absolute atomic E-state index is 0.300.